The summed E-state index contributed by atoms with van der Waals surface area (Å²) in [4.78, 5) is 10.2. The smallest absolute Gasteiger partial charge is 0.253 e. The van der Waals surface area contributed by atoms with Crippen LogP contribution in [-0.2, 0) is 18.4 Å². The Morgan fingerprint density at radius 2 is 2.42 bits per heavy atom. The molecule has 4 nitrogen and oxygen atoms in total. The van der Waals surface area contributed by atoms with Gasteiger partial charge in [0.2, 0.25) is 0 Å². The summed E-state index contributed by atoms with van der Waals surface area (Å²) in [6.07, 6.45) is 3.82. The summed E-state index contributed by atoms with van der Waals surface area (Å²) >= 11 is 0. The molecule has 1 heterocycles. The lowest BCUT2D eigenvalue weighted by atomic mass is 10.4. The average molecular weight is 168 g/mol. The molecular formula is C8H12N2O2. The fourth-order valence-electron chi connectivity index (χ4n) is 1.05. The number of hydrogen-bond donors (Lipinski definition) is 0. The van der Waals surface area contributed by atoms with Crippen LogP contribution in [0.4, 0.5) is 0 Å². The molecule has 0 saturated carbocycles. The van der Waals surface area contributed by atoms with Gasteiger partial charge in [-0.1, -0.05) is 0 Å². The third kappa shape index (κ3) is 1.84. The summed E-state index contributed by atoms with van der Waals surface area (Å²) in [5, 5.41) is 10.2. The van der Waals surface area contributed by atoms with Crippen LogP contribution in [0.15, 0.2) is 12.4 Å². The maximum atomic E-state index is 10.2. The van der Waals surface area contributed by atoms with Gasteiger partial charge < -0.3 is 9.90 Å². The van der Waals surface area contributed by atoms with Crippen LogP contribution in [0.5, 0.6) is 0 Å². The maximum absolute atomic E-state index is 10.2. The zero-order valence-electron chi connectivity index (χ0n) is 7.28. The number of imidazole rings is 1. The van der Waals surface area contributed by atoms with Crippen molar-refractivity contribution in [3.8, 4) is 0 Å². The van der Waals surface area contributed by atoms with Gasteiger partial charge >= 0.3 is 0 Å². The van der Waals surface area contributed by atoms with Gasteiger partial charge in [-0.15, -0.1) is 0 Å². The van der Waals surface area contributed by atoms with E-state index in [1.54, 1.807) is 0 Å². The molecule has 0 aliphatic heterocycles. The Morgan fingerprint density at radius 1 is 1.75 bits per heavy atom. The van der Waals surface area contributed by atoms with Crippen molar-refractivity contribution in [3.63, 3.8) is 0 Å². The summed E-state index contributed by atoms with van der Waals surface area (Å²) in [7, 11) is 1.92. The van der Waals surface area contributed by atoms with E-state index in [-0.39, 0.29) is 6.42 Å². The van der Waals surface area contributed by atoms with Gasteiger partial charge in [-0.2, -0.15) is 0 Å². The molecular weight excluding hydrogens is 156 g/mol. The first-order valence-electron chi connectivity index (χ1n) is 3.82. The lowest BCUT2D eigenvalue weighted by Crippen LogP contribution is -2.30. The molecule has 0 fully saturated rings. The van der Waals surface area contributed by atoms with E-state index in [2.05, 4.69) is 0 Å². The molecule has 0 saturated heterocycles. The Hall–Kier alpha value is -1.32. The van der Waals surface area contributed by atoms with Crippen molar-refractivity contribution in [1.82, 2.24) is 4.57 Å². The zero-order chi connectivity index (χ0) is 9.14. The molecule has 1 aromatic rings. The van der Waals surface area contributed by atoms with Gasteiger partial charge in [0, 0.05) is 19.3 Å². The quantitative estimate of drug-likeness (QED) is 0.530. The minimum absolute atomic E-state index is 0.0650. The van der Waals surface area contributed by atoms with Crippen LogP contribution >= 0.6 is 0 Å². The molecule has 66 valence electrons. The maximum Gasteiger partial charge on any atom is 0.253 e. The molecule has 0 atom stereocenters. The highest BCUT2D eigenvalue weighted by molar-refractivity contribution is 5.64. The zero-order valence-corrected chi connectivity index (χ0v) is 7.28. The van der Waals surface area contributed by atoms with Gasteiger partial charge in [-0.3, -0.25) is 0 Å². The van der Waals surface area contributed by atoms with Gasteiger partial charge in [0.1, 0.15) is 12.4 Å². The van der Waals surface area contributed by atoms with Crippen molar-refractivity contribution in [2.24, 2.45) is 7.05 Å². The average Bonchev–Trinajstić information content (AvgIpc) is 2.30. The fraction of sp³-hybridized carbons (Fsp3) is 0.500. The number of aromatic nitrogens is 2. The largest absolute Gasteiger partial charge is 0.550 e. The topological polar surface area (TPSA) is 48.9 Å². The molecule has 0 unspecified atom stereocenters. The van der Waals surface area contributed by atoms with Crippen molar-refractivity contribution in [1.29, 1.82) is 0 Å². The standard InChI is InChI=1S/C8H12N2O2/c1-7-9(2)5-6-10(7)4-3-8(11)12/h5-6H,3-4H2,1-2H3. The first-order chi connectivity index (χ1) is 5.61. The van der Waals surface area contributed by atoms with Crippen LogP contribution in [0.1, 0.15) is 12.2 Å². The molecule has 0 aromatic carbocycles. The number of carboxylic acids is 1. The monoisotopic (exact) mass is 168 g/mol. The van der Waals surface area contributed by atoms with E-state index in [1.807, 2.05) is 35.5 Å². The number of hydrogen-bond acceptors (Lipinski definition) is 2. The fourth-order valence-corrected chi connectivity index (χ4v) is 1.05. The summed E-state index contributed by atoms with van der Waals surface area (Å²) < 4.78 is 3.82. The molecule has 0 spiro atoms. The highest BCUT2D eigenvalue weighted by Crippen LogP contribution is 1.94. The van der Waals surface area contributed by atoms with Crippen molar-refractivity contribution in [2.45, 2.75) is 19.9 Å². The lowest BCUT2D eigenvalue weighted by Gasteiger charge is -1.99. The molecule has 0 amide bonds. The normalized spacial score (nSPS) is 10.2. The SMILES string of the molecule is Cc1n(CCC(=O)[O-])cc[n+]1C. The number of carboxylic acid groups (broad SMARTS) is 1. The molecule has 0 aliphatic rings. The number of aryl methyl sites for hydroxylation is 2. The number of nitrogens with zero attached hydrogens (tertiary/aromatic N) is 2. The second kappa shape index (κ2) is 3.38. The van der Waals surface area contributed by atoms with Gasteiger partial charge in [0.05, 0.1) is 13.6 Å². The molecule has 1 rings (SSSR count). The summed E-state index contributed by atoms with van der Waals surface area (Å²) in [6, 6.07) is 0. The number of carbonyl (C=O) groups is 1. The van der Waals surface area contributed by atoms with Gasteiger partial charge in [0.25, 0.3) is 5.82 Å². The van der Waals surface area contributed by atoms with Crippen molar-refractivity contribution >= 4 is 5.97 Å². The second-order valence-corrected chi connectivity index (χ2v) is 2.77. The van der Waals surface area contributed by atoms with E-state index in [9.17, 15) is 9.90 Å². The van der Waals surface area contributed by atoms with Crippen LogP contribution in [0.2, 0.25) is 0 Å². The van der Waals surface area contributed by atoms with E-state index >= 15 is 0 Å². The van der Waals surface area contributed by atoms with E-state index < -0.39 is 5.97 Å². The van der Waals surface area contributed by atoms with Gasteiger partial charge in [-0.25, -0.2) is 9.13 Å². The van der Waals surface area contributed by atoms with Crippen LogP contribution in [0.25, 0.3) is 0 Å². The molecule has 0 bridgehead atoms. The number of aliphatic carboxylic acids is 1. The molecule has 0 aliphatic carbocycles. The Morgan fingerprint density at radius 3 is 2.83 bits per heavy atom. The highest BCUT2D eigenvalue weighted by Gasteiger charge is 2.07. The number of rotatable bonds is 3. The summed E-state index contributed by atoms with van der Waals surface area (Å²) in [5.74, 6) is 0.0296. The Balaban J connectivity index is 2.63. The summed E-state index contributed by atoms with van der Waals surface area (Å²) in [6.45, 7) is 2.42. The van der Waals surface area contributed by atoms with Crippen LogP contribution in [0.3, 0.4) is 0 Å². The highest BCUT2D eigenvalue weighted by atomic mass is 16.4. The van der Waals surface area contributed by atoms with Gasteiger partial charge in [0.15, 0.2) is 0 Å². The van der Waals surface area contributed by atoms with E-state index in [0.717, 1.165) is 5.82 Å². The van der Waals surface area contributed by atoms with Crippen molar-refractivity contribution < 1.29 is 14.5 Å². The predicted molar refractivity (Wildman–Crippen MR) is 40.0 cm³/mol. The molecule has 0 N–H and O–H groups in total. The first kappa shape index (κ1) is 8.77. The number of carbonyl (C=O) groups excluding carboxylic acids is 1. The lowest BCUT2D eigenvalue weighted by molar-refractivity contribution is -0.677. The van der Waals surface area contributed by atoms with E-state index in [0.29, 0.717) is 6.54 Å². The minimum Gasteiger partial charge on any atom is -0.550 e. The van der Waals surface area contributed by atoms with Crippen molar-refractivity contribution in [2.75, 3.05) is 0 Å². The Kier molecular flexibility index (Phi) is 2.47. The molecule has 1 aromatic heterocycles. The second-order valence-electron chi connectivity index (χ2n) is 2.77. The van der Waals surface area contributed by atoms with Crippen LogP contribution in [-0.4, -0.2) is 10.5 Å². The molecule has 12 heavy (non-hydrogen) atoms. The van der Waals surface area contributed by atoms with E-state index in [1.165, 1.54) is 0 Å². The molecule has 4 heteroatoms. The first-order valence-corrected chi connectivity index (χ1v) is 3.82. The summed E-state index contributed by atoms with van der Waals surface area (Å²) in [5.41, 5.74) is 0. The van der Waals surface area contributed by atoms with Gasteiger partial charge in [-0.05, 0) is 0 Å². The van der Waals surface area contributed by atoms with Crippen LogP contribution in [0, 0.1) is 6.92 Å². The Bertz CT molecular complexity index is 291. The predicted octanol–water partition coefficient (Wildman–Crippen LogP) is -1.24. The molecule has 0 radical (unpaired) electrons. The third-order valence-corrected chi connectivity index (χ3v) is 1.95. The van der Waals surface area contributed by atoms with E-state index in [4.69, 9.17) is 0 Å². The van der Waals surface area contributed by atoms with Crippen LogP contribution < -0.4 is 9.67 Å². The third-order valence-electron chi connectivity index (χ3n) is 1.95. The minimum atomic E-state index is -1.01. The Labute approximate surface area is 71.1 Å². The van der Waals surface area contributed by atoms with Crippen molar-refractivity contribution in [3.05, 3.63) is 18.2 Å².